The topological polar surface area (TPSA) is 27.7 Å². The van der Waals surface area contributed by atoms with Gasteiger partial charge in [-0.25, -0.2) is 0 Å². The Morgan fingerprint density at radius 2 is 1.68 bits per heavy atom. The zero-order chi connectivity index (χ0) is 26.3. The Hall–Kier alpha value is -0.380. The molecule has 1 aliphatic heterocycles. The van der Waals surface area contributed by atoms with Crippen LogP contribution in [0, 0.1) is 40.4 Å². The molecule has 212 valence electrons. The number of ether oxygens (including phenoxy) is 3. The van der Waals surface area contributed by atoms with Crippen molar-refractivity contribution in [2.75, 3.05) is 19.8 Å². The third kappa shape index (κ3) is 4.80. The summed E-state index contributed by atoms with van der Waals surface area (Å²) in [6, 6.07) is 0. The molecular formula is C34H58O3. The molecule has 0 N–H and O–H groups in total. The standard InChI is InChI=1S/C34H58O3/c1-7-8-9-21-37-34(26(4)12-10-11-25(2)3)18-16-30-28-14-13-27-24-33(35-22-23-36-33)20-19-31(27,5)29(28)15-17-32(30,34)6/h13,25-26,28-30H,7-12,14-24H2,1-6H3/t26-,28-,29+,30+,31+,32+,34-/m1/s1. The smallest absolute Gasteiger partial charge is 0.172 e. The van der Waals surface area contributed by atoms with E-state index < -0.39 is 0 Å². The second kappa shape index (κ2) is 10.9. The van der Waals surface area contributed by atoms with Crippen LogP contribution in [0.15, 0.2) is 11.6 Å². The van der Waals surface area contributed by atoms with Gasteiger partial charge in [0.15, 0.2) is 5.79 Å². The summed E-state index contributed by atoms with van der Waals surface area (Å²) < 4.78 is 19.6. The minimum absolute atomic E-state index is 0.0698. The Morgan fingerprint density at radius 3 is 2.41 bits per heavy atom. The van der Waals surface area contributed by atoms with E-state index in [1.54, 1.807) is 5.57 Å². The van der Waals surface area contributed by atoms with E-state index in [4.69, 9.17) is 14.2 Å². The Labute approximate surface area is 228 Å². The van der Waals surface area contributed by atoms with Crippen LogP contribution in [-0.2, 0) is 14.2 Å². The molecule has 1 heterocycles. The van der Waals surface area contributed by atoms with Crippen LogP contribution in [0.1, 0.15) is 131 Å². The highest BCUT2D eigenvalue weighted by atomic mass is 16.7. The van der Waals surface area contributed by atoms with Crippen molar-refractivity contribution in [3.05, 3.63) is 11.6 Å². The Kier molecular flexibility index (Phi) is 8.29. The van der Waals surface area contributed by atoms with E-state index in [-0.39, 0.29) is 11.4 Å². The highest BCUT2D eigenvalue weighted by Gasteiger charge is 2.66. The van der Waals surface area contributed by atoms with Gasteiger partial charge in [-0.1, -0.05) is 78.9 Å². The van der Waals surface area contributed by atoms with Crippen molar-refractivity contribution in [3.8, 4) is 0 Å². The maximum absolute atomic E-state index is 7.21. The highest BCUT2D eigenvalue weighted by Crippen LogP contribution is 2.70. The van der Waals surface area contributed by atoms with Gasteiger partial charge in [-0.15, -0.1) is 0 Å². The highest BCUT2D eigenvalue weighted by molar-refractivity contribution is 5.27. The molecule has 0 aromatic heterocycles. The zero-order valence-corrected chi connectivity index (χ0v) is 25.2. The van der Waals surface area contributed by atoms with E-state index in [1.165, 1.54) is 77.0 Å². The van der Waals surface area contributed by atoms with Gasteiger partial charge in [0.05, 0.1) is 18.8 Å². The molecule has 0 unspecified atom stereocenters. The molecule has 0 radical (unpaired) electrons. The van der Waals surface area contributed by atoms with Crippen molar-refractivity contribution >= 4 is 0 Å². The minimum atomic E-state index is -0.304. The molecule has 37 heavy (non-hydrogen) atoms. The van der Waals surface area contributed by atoms with Crippen molar-refractivity contribution in [3.63, 3.8) is 0 Å². The molecule has 1 saturated heterocycles. The summed E-state index contributed by atoms with van der Waals surface area (Å²) in [5.74, 6) is 3.58. The quantitative estimate of drug-likeness (QED) is 0.215. The summed E-state index contributed by atoms with van der Waals surface area (Å²) in [6.07, 6.45) is 20.4. The molecule has 3 heteroatoms. The number of fused-ring (bicyclic) bond motifs is 5. The van der Waals surface area contributed by atoms with Gasteiger partial charge >= 0.3 is 0 Å². The van der Waals surface area contributed by atoms with Gasteiger partial charge in [0.25, 0.3) is 0 Å². The van der Waals surface area contributed by atoms with Crippen molar-refractivity contribution in [2.45, 2.75) is 143 Å². The lowest BCUT2D eigenvalue weighted by molar-refractivity contribution is -0.198. The van der Waals surface area contributed by atoms with Crippen LogP contribution < -0.4 is 0 Å². The van der Waals surface area contributed by atoms with Gasteiger partial charge in [0, 0.05) is 19.4 Å². The SMILES string of the molecule is CCCCCO[C@@]1([C@H](C)CCCC(C)C)CC[C@H]2[C@@H]3CC=C4CC5(CC[C@]4(C)[C@H]3CC[C@@]21C)OCCO5. The van der Waals surface area contributed by atoms with E-state index in [2.05, 4.69) is 47.6 Å². The van der Waals surface area contributed by atoms with Gasteiger partial charge in [0.1, 0.15) is 0 Å². The largest absolute Gasteiger partial charge is 0.374 e. The first-order chi connectivity index (χ1) is 17.7. The molecule has 3 saturated carbocycles. The fourth-order valence-corrected chi connectivity index (χ4v) is 10.2. The normalized spacial score (nSPS) is 41.4. The van der Waals surface area contributed by atoms with Crippen LogP contribution in [0.5, 0.6) is 0 Å². The second-order valence-corrected chi connectivity index (χ2v) is 14.7. The van der Waals surface area contributed by atoms with Gasteiger partial charge in [-0.3, -0.25) is 0 Å². The monoisotopic (exact) mass is 514 g/mol. The summed E-state index contributed by atoms with van der Waals surface area (Å²) >= 11 is 0. The van der Waals surface area contributed by atoms with E-state index in [9.17, 15) is 0 Å². The Morgan fingerprint density at radius 1 is 0.919 bits per heavy atom. The molecule has 0 bridgehead atoms. The first kappa shape index (κ1) is 28.2. The molecule has 4 fully saturated rings. The fourth-order valence-electron chi connectivity index (χ4n) is 10.2. The molecule has 5 aliphatic rings. The van der Waals surface area contributed by atoms with Gasteiger partial charge < -0.3 is 14.2 Å². The average Bonchev–Trinajstić information content (AvgIpc) is 3.45. The number of unbranched alkanes of at least 4 members (excludes halogenated alkanes) is 2. The first-order valence-electron chi connectivity index (χ1n) is 16.3. The van der Waals surface area contributed by atoms with Crippen LogP contribution in [-0.4, -0.2) is 31.2 Å². The molecule has 5 rings (SSSR count). The summed E-state index contributed by atoms with van der Waals surface area (Å²) in [7, 11) is 0. The lowest BCUT2D eigenvalue weighted by Gasteiger charge is -2.61. The van der Waals surface area contributed by atoms with E-state index in [1.807, 2.05) is 0 Å². The lowest BCUT2D eigenvalue weighted by atomic mass is 9.46. The molecular weight excluding hydrogens is 456 g/mol. The fraction of sp³-hybridized carbons (Fsp3) is 0.941. The molecule has 1 spiro atoms. The predicted molar refractivity (Wildman–Crippen MR) is 152 cm³/mol. The predicted octanol–water partition coefficient (Wildman–Crippen LogP) is 9.10. The molecule has 3 nitrogen and oxygen atoms in total. The number of allylic oxidation sites excluding steroid dienone is 1. The summed E-state index contributed by atoms with van der Waals surface area (Å²) in [5, 5.41) is 0. The minimum Gasteiger partial charge on any atom is -0.374 e. The van der Waals surface area contributed by atoms with E-state index >= 15 is 0 Å². The first-order valence-corrected chi connectivity index (χ1v) is 16.3. The van der Waals surface area contributed by atoms with Gasteiger partial charge in [0.2, 0.25) is 0 Å². The third-order valence-electron chi connectivity index (χ3n) is 12.4. The van der Waals surface area contributed by atoms with Crippen LogP contribution in [0.25, 0.3) is 0 Å². The molecule has 7 atom stereocenters. The van der Waals surface area contributed by atoms with E-state index in [0.717, 1.165) is 56.3 Å². The van der Waals surface area contributed by atoms with Crippen molar-refractivity contribution in [1.29, 1.82) is 0 Å². The Bertz CT molecular complexity index is 812. The molecule has 4 aliphatic carbocycles. The lowest BCUT2D eigenvalue weighted by Crippen LogP contribution is -2.58. The second-order valence-electron chi connectivity index (χ2n) is 14.7. The number of rotatable bonds is 10. The van der Waals surface area contributed by atoms with Crippen LogP contribution >= 0.6 is 0 Å². The van der Waals surface area contributed by atoms with E-state index in [0.29, 0.717) is 16.7 Å². The zero-order valence-electron chi connectivity index (χ0n) is 25.2. The van der Waals surface area contributed by atoms with Gasteiger partial charge in [-0.05, 0) is 91.8 Å². The van der Waals surface area contributed by atoms with Crippen molar-refractivity contribution in [2.24, 2.45) is 40.4 Å². The van der Waals surface area contributed by atoms with Crippen LogP contribution in [0.4, 0.5) is 0 Å². The summed E-state index contributed by atoms with van der Waals surface area (Å²) in [6.45, 7) is 17.4. The maximum Gasteiger partial charge on any atom is 0.172 e. The van der Waals surface area contributed by atoms with Gasteiger partial charge in [-0.2, -0.15) is 0 Å². The summed E-state index contributed by atoms with van der Waals surface area (Å²) in [5.41, 5.74) is 2.38. The van der Waals surface area contributed by atoms with Crippen LogP contribution in [0.3, 0.4) is 0 Å². The van der Waals surface area contributed by atoms with Crippen LogP contribution in [0.2, 0.25) is 0 Å². The van der Waals surface area contributed by atoms with Crippen molar-refractivity contribution < 1.29 is 14.2 Å². The Balaban J connectivity index is 1.37. The molecule has 0 aromatic rings. The van der Waals surface area contributed by atoms with Crippen molar-refractivity contribution in [1.82, 2.24) is 0 Å². The maximum atomic E-state index is 7.21. The summed E-state index contributed by atoms with van der Waals surface area (Å²) in [4.78, 5) is 0. The molecule has 0 aromatic carbocycles. The number of hydrogen-bond donors (Lipinski definition) is 0. The number of hydrogen-bond acceptors (Lipinski definition) is 3. The average molecular weight is 515 g/mol. The third-order valence-corrected chi connectivity index (χ3v) is 12.4. The molecule has 0 amide bonds.